The Morgan fingerprint density at radius 3 is 2.37 bits per heavy atom. The molecule has 46 heavy (non-hydrogen) atoms. The van der Waals surface area contributed by atoms with Gasteiger partial charge in [0, 0.05) is 56.0 Å². The van der Waals surface area contributed by atoms with Gasteiger partial charge in [0.05, 0.1) is 23.6 Å². The van der Waals surface area contributed by atoms with Crippen molar-refractivity contribution in [1.82, 2.24) is 15.1 Å². The van der Waals surface area contributed by atoms with E-state index in [0.29, 0.717) is 37.4 Å². The molecule has 1 saturated heterocycles. The van der Waals surface area contributed by atoms with Crippen molar-refractivity contribution in [3.8, 4) is 0 Å². The van der Waals surface area contributed by atoms with Crippen LogP contribution in [0, 0.1) is 10.1 Å². The molecule has 2 aliphatic heterocycles. The molecule has 5 rings (SSSR count). The van der Waals surface area contributed by atoms with Gasteiger partial charge in [0.25, 0.3) is 5.69 Å². The zero-order valence-corrected chi connectivity index (χ0v) is 26.8. The molecule has 1 fully saturated rings. The highest BCUT2D eigenvalue weighted by atomic mass is 16.6. The van der Waals surface area contributed by atoms with Crippen molar-refractivity contribution in [2.45, 2.75) is 57.2 Å². The highest BCUT2D eigenvalue weighted by molar-refractivity contribution is 5.95. The Balaban J connectivity index is 1.61. The lowest BCUT2D eigenvalue weighted by molar-refractivity contribution is -0.384. The monoisotopic (exact) mass is 626 g/mol. The number of piperazine rings is 1. The molecule has 0 aromatic heterocycles. The average Bonchev–Trinajstić information content (AvgIpc) is 3.07. The number of carboxylic acid groups (broad SMARTS) is 1. The first-order chi connectivity index (χ1) is 22.1. The number of carbonyl (C=O) groups is 2. The number of nitro benzene ring substituents is 1. The summed E-state index contributed by atoms with van der Waals surface area (Å²) in [5.41, 5.74) is 2.82. The third-order valence-electron chi connectivity index (χ3n) is 9.61. The van der Waals surface area contributed by atoms with E-state index in [1.807, 2.05) is 48.8 Å². The number of nitrogens with zero attached hydrogens (tertiary/aromatic N) is 3. The van der Waals surface area contributed by atoms with E-state index < -0.39 is 34.4 Å². The highest BCUT2D eigenvalue weighted by Gasteiger charge is 2.62. The standard InChI is InChI=1S/C36H42N4O6/c1-5-19-39-24(2)32(34(41)46-4)33(29-12-9-13-30(22-29)40(44)45)36(25(39)3,35(42)43)38-20-18-37-31(23-38)28-16-14-27(15-17-28)21-26-10-7-6-8-11-26/h6-17,22,25,31,33,37H,5,18-21,23H2,1-4H3,(H,42,43). The number of carboxylic acids is 1. The Morgan fingerprint density at radius 1 is 1.04 bits per heavy atom. The van der Waals surface area contributed by atoms with E-state index in [1.165, 1.54) is 30.4 Å². The number of nitrogens with one attached hydrogen (secondary N) is 1. The van der Waals surface area contributed by atoms with Crippen molar-refractivity contribution in [2.24, 2.45) is 0 Å². The van der Waals surface area contributed by atoms with Crippen LogP contribution in [0.1, 0.15) is 61.4 Å². The average molecular weight is 627 g/mol. The smallest absolute Gasteiger partial charge is 0.336 e. The Bertz CT molecular complexity index is 1610. The second kappa shape index (κ2) is 13.8. The van der Waals surface area contributed by atoms with Gasteiger partial charge in [-0.2, -0.15) is 0 Å². The largest absolute Gasteiger partial charge is 0.480 e. The summed E-state index contributed by atoms with van der Waals surface area (Å²) < 4.78 is 5.27. The van der Waals surface area contributed by atoms with Gasteiger partial charge in [-0.3, -0.25) is 19.8 Å². The number of nitro groups is 1. The van der Waals surface area contributed by atoms with Gasteiger partial charge in [-0.15, -0.1) is 0 Å². The zero-order chi connectivity index (χ0) is 33.0. The number of aliphatic carboxylic acids is 1. The van der Waals surface area contributed by atoms with E-state index in [2.05, 4.69) is 41.7 Å². The van der Waals surface area contributed by atoms with Gasteiger partial charge in [-0.05, 0) is 48.9 Å². The number of non-ortho nitro benzene ring substituents is 1. The molecular formula is C36H42N4O6. The number of hydrogen-bond donors (Lipinski definition) is 2. The van der Waals surface area contributed by atoms with Crippen molar-refractivity contribution in [2.75, 3.05) is 33.3 Å². The van der Waals surface area contributed by atoms with Gasteiger partial charge in [0.15, 0.2) is 5.54 Å². The number of allylic oxidation sites excluding steroid dienone is 1. The van der Waals surface area contributed by atoms with Gasteiger partial charge in [-0.25, -0.2) is 4.79 Å². The fourth-order valence-corrected chi connectivity index (χ4v) is 7.46. The molecule has 242 valence electrons. The Kier molecular flexibility index (Phi) is 9.88. The number of carbonyl (C=O) groups excluding carboxylic acids is 1. The molecule has 0 amide bonds. The summed E-state index contributed by atoms with van der Waals surface area (Å²) in [4.78, 5) is 42.9. The number of hydrogen-bond acceptors (Lipinski definition) is 8. The van der Waals surface area contributed by atoms with Crippen LogP contribution in [0.5, 0.6) is 0 Å². The van der Waals surface area contributed by atoms with E-state index in [4.69, 9.17) is 4.74 Å². The second-order valence-electron chi connectivity index (χ2n) is 12.1. The van der Waals surface area contributed by atoms with Crippen molar-refractivity contribution < 1.29 is 24.4 Å². The first kappa shape index (κ1) is 32.8. The maximum absolute atomic E-state index is 14.0. The number of benzene rings is 3. The molecule has 4 atom stereocenters. The normalized spacial score (nSPS) is 23.7. The lowest BCUT2D eigenvalue weighted by Crippen LogP contribution is -2.73. The van der Waals surface area contributed by atoms with Gasteiger partial charge < -0.3 is 20.1 Å². The van der Waals surface area contributed by atoms with Crippen molar-refractivity contribution in [1.29, 1.82) is 0 Å². The quantitative estimate of drug-likeness (QED) is 0.175. The fourth-order valence-electron chi connectivity index (χ4n) is 7.46. The molecule has 0 bridgehead atoms. The number of ether oxygens (including phenoxy) is 1. The van der Waals surface area contributed by atoms with Crippen molar-refractivity contribution in [3.63, 3.8) is 0 Å². The molecule has 2 heterocycles. The summed E-state index contributed by atoms with van der Waals surface area (Å²) in [5, 5.41) is 26.8. The van der Waals surface area contributed by atoms with Crippen molar-refractivity contribution >= 4 is 17.6 Å². The Labute approximate surface area is 269 Å². The van der Waals surface area contributed by atoms with E-state index >= 15 is 0 Å². The topological polar surface area (TPSA) is 125 Å². The molecule has 10 nitrogen and oxygen atoms in total. The molecule has 10 heteroatoms. The summed E-state index contributed by atoms with van der Waals surface area (Å²) in [6.45, 7) is 7.51. The first-order valence-corrected chi connectivity index (χ1v) is 15.8. The molecule has 3 aromatic carbocycles. The van der Waals surface area contributed by atoms with E-state index in [0.717, 1.165) is 18.4 Å². The fraction of sp³-hybridized carbons (Fsp3) is 0.389. The van der Waals surface area contributed by atoms with E-state index in [1.54, 1.807) is 12.1 Å². The number of rotatable bonds is 10. The predicted molar refractivity (Wildman–Crippen MR) is 175 cm³/mol. The van der Waals surface area contributed by atoms with E-state index in [9.17, 15) is 24.8 Å². The van der Waals surface area contributed by atoms with Gasteiger partial charge in [0.2, 0.25) is 0 Å². The van der Waals surface area contributed by atoms with Gasteiger partial charge >= 0.3 is 11.9 Å². The summed E-state index contributed by atoms with van der Waals surface area (Å²) in [6.07, 6.45) is 1.54. The summed E-state index contributed by atoms with van der Waals surface area (Å²) in [6, 6.07) is 23.9. The van der Waals surface area contributed by atoms with Crippen LogP contribution in [0.2, 0.25) is 0 Å². The maximum atomic E-state index is 14.0. The van der Waals surface area contributed by atoms with Crippen LogP contribution in [0.25, 0.3) is 0 Å². The van der Waals surface area contributed by atoms with Crippen LogP contribution >= 0.6 is 0 Å². The third-order valence-corrected chi connectivity index (χ3v) is 9.61. The zero-order valence-electron chi connectivity index (χ0n) is 26.8. The lowest BCUT2D eigenvalue weighted by Gasteiger charge is -2.57. The van der Waals surface area contributed by atoms with Gasteiger partial charge in [0.1, 0.15) is 0 Å². The maximum Gasteiger partial charge on any atom is 0.336 e. The number of esters is 1. The molecular weight excluding hydrogens is 584 g/mol. The Hall–Kier alpha value is -4.54. The van der Waals surface area contributed by atoms with Crippen LogP contribution in [0.15, 0.2) is 90.1 Å². The van der Waals surface area contributed by atoms with E-state index in [-0.39, 0.29) is 17.3 Å². The molecule has 0 saturated carbocycles. The summed E-state index contributed by atoms with van der Waals surface area (Å²) in [7, 11) is 1.28. The Morgan fingerprint density at radius 2 is 1.74 bits per heavy atom. The molecule has 3 aromatic rings. The minimum Gasteiger partial charge on any atom is -0.480 e. The summed E-state index contributed by atoms with van der Waals surface area (Å²) >= 11 is 0. The highest BCUT2D eigenvalue weighted by Crippen LogP contribution is 2.50. The van der Waals surface area contributed by atoms with Crippen molar-refractivity contribution in [3.05, 3.63) is 123 Å². The molecule has 0 spiro atoms. The minimum atomic E-state index is -1.65. The molecule has 0 aliphatic carbocycles. The molecule has 0 radical (unpaired) electrons. The summed E-state index contributed by atoms with van der Waals surface area (Å²) in [5.74, 6) is -2.77. The molecule has 2 N–H and O–H groups in total. The molecule has 4 unspecified atom stereocenters. The lowest BCUT2D eigenvalue weighted by atomic mass is 9.65. The van der Waals surface area contributed by atoms with Gasteiger partial charge in [-0.1, -0.05) is 73.7 Å². The van der Waals surface area contributed by atoms with Crippen LogP contribution < -0.4 is 5.32 Å². The molecule has 2 aliphatic rings. The van der Waals surface area contributed by atoms with Crippen LogP contribution in [-0.2, 0) is 20.7 Å². The van der Waals surface area contributed by atoms with Crippen LogP contribution in [-0.4, -0.2) is 76.6 Å². The number of methoxy groups -OCH3 is 1. The van der Waals surface area contributed by atoms with Crippen LogP contribution in [0.3, 0.4) is 0 Å². The second-order valence-corrected chi connectivity index (χ2v) is 12.1. The first-order valence-electron chi connectivity index (χ1n) is 15.8. The van der Waals surface area contributed by atoms with Crippen LogP contribution in [0.4, 0.5) is 5.69 Å². The minimum absolute atomic E-state index is 0.170. The third kappa shape index (κ3) is 6.02. The predicted octanol–water partition coefficient (Wildman–Crippen LogP) is 5.30. The SMILES string of the molecule is CCCN1C(C)=C(C(=O)OC)C(c2cccc([N+](=O)[O-])c2)C(C(=O)O)(N2CCNC(c3ccc(Cc4ccccc4)cc3)C2)C1C.